The predicted octanol–water partition coefficient (Wildman–Crippen LogP) is 1.58. The molecule has 3 heteroatoms. The van der Waals surface area contributed by atoms with E-state index < -0.39 is 5.97 Å². The summed E-state index contributed by atoms with van der Waals surface area (Å²) in [6.45, 7) is 4.95. The van der Waals surface area contributed by atoms with Gasteiger partial charge in [0.05, 0.1) is 13.1 Å². The van der Waals surface area contributed by atoms with Crippen LogP contribution in [0.3, 0.4) is 0 Å². The molecule has 0 bridgehead atoms. The molecule has 1 unspecified atom stereocenters. The summed E-state index contributed by atoms with van der Waals surface area (Å²) >= 11 is 0. The van der Waals surface area contributed by atoms with Gasteiger partial charge in [-0.25, -0.2) is 0 Å². The predicted molar refractivity (Wildman–Crippen MR) is 59.5 cm³/mol. The van der Waals surface area contributed by atoms with Gasteiger partial charge < -0.3 is 5.11 Å². The Balaban J connectivity index is 2.58. The fourth-order valence-electron chi connectivity index (χ4n) is 2.32. The van der Waals surface area contributed by atoms with Crippen molar-refractivity contribution in [3.05, 3.63) is 0 Å². The van der Waals surface area contributed by atoms with Crippen LogP contribution in [0.4, 0.5) is 0 Å². The summed E-state index contributed by atoms with van der Waals surface area (Å²) in [5.41, 5.74) is 0.329. The van der Waals surface area contributed by atoms with Gasteiger partial charge in [-0.15, -0.1) is 6.42 Å². The van der Waals surface area contributed by atoms with Gasteiger partial charge in [-0.05, 0) is 24.7 Å². The number of rotatable bonds is 4. The molecular formula is C12H19NO2. The minimum Gasteiger partial charge on any atom is -0.480 e. The van der Waals surface area contributed by atoms with Crippen LogP contribution < -0.4 is 0 Å². The molecule has 1 N–H and O–H groups in total. The molecule has 0 amide bonds. The minimum absolute atomic E-state index is 0.0605. The topological polar surface area (TPSA) is 40.5 Å². The van der Waals surface area contributed by atoms with Gasteiger partial charge in [0.1, 0.15) is 0 Å². The SMILES string of the molecule is C#CCN(CC(=O)O)C1CCC(C)(C)C1. The van der Waals surface area contributed by atoms with Gasteiger partial charge in [0.25, 0.3) is 0 Å². The Bertz CT molecular complexity index is 278. The van der Waals surface area contributed by atoms with Gasteiger partial charge in [0.15, 0.2) is 0 Å². The summed E-state index contributed by atoms with van der Waals surface area (Å²) in [6, 6.07) is 0.340. The Morgan fingerprint density at radius 3 is 2.73 bits per heavy atom. The minimum atomic E-state index is -0.796. The first-order valence-electron chi connectivity index (χ1n) is 5.34. The zero-order valence-corrected chi connectivity index (χ0v) is 9.49. The van der Waals surface area contributed by atoms with E-state index in [1.165, 1.54) is 0 Å². The average molecular weight is 209 g/mol. The lowest BCUT2D eigenvalue weighted by Crippen LogP contribution is -2.38. The molecule has 0 aliphatic heterocycles. The van der Waals surface area contributed by atoms with Crippen molar-refractivity contribution >= 4 is 5.97 Å². The maximum absolute atomic E-state index is 10.7. The third-order valence-electron chi connectivity index (χ3n) is 3.09. The standard InChI is InChI=1S/C12H19NO2/c1-4-7-13(9-11(14)15)10-5-6-12(2,3)8-10/h1,10H,5-9H2,2-3H3,(H,14,15). The van der Waals surface area contributed by atoms with Crippen LogP contribution in [0.2, 0.25) is 0 Å². The highest BCUT2D eigenvalue weighted by Gasteiger charge is 2.34. The maximum atomic E-state index is 10.7. The number of terminal acetylenes is 1. The summed E-state index contributed by atoms with van der Waals surface area (Å²) < 4.78 is 0. The molecule has 0 spiro atoms. The van der Waals surface area contributed by atoms with E-state index in [0.29, 0.717) is 18.0 Å². The number of aliphatic carboxylic acids is 1. The molecule has 3 nitrogen and oxygen atoms in total. The Hall–Kier alpha value is -1.01. The molecule has 1 aliphatic rings. The first-order chi connectivity index (χ1) is 6.94. The smallest absolute Gasteiger partial charge is 0.317 e. The lowest BCUT2D eigenvalue weighted by Gasteiger charge is -2.26. The third-order valence-corrected chi connectivity index (χ3v) is 3.09. The molecule has 15 heavy (non-hydrogen) atoms. The van der Waals surface area contributed by atoms with Gasteiger partial charge in [-0.2, -0.15) is 0 Å². The van der Waals surface area contributed by atoms with E-state index in [4.69, 9.17) is 11.5 Å². The zero-order chi connectivity index (χ0) is 11.5. The van der Waals surface area contributed by atoms with Gasteiger partial charge >= 0.3 is 5.97 Å². The number of carboxylic acids is 1. The van der Waals surface area contributed by atoms with Crippen LogP contribution in [-0.4, -0.2) is 35.1 Å². The maximum Gasteiger partial charge on any atom is 0.317 e. The van der Waals surface area contributed by atoms with Crippen molar-refractivity contribution in [1.82, 2.24) is 4.90 Å². The van der Waals surface area contributed by atoms with E-state index >= 15 is 0 Å². The van der Waals surface area contributed by atoms with E-state index in [0.717, 1.165) is 19.3 Å². The van der Waals surface area contributed by atoms with Crippen LogP contribution in [0, 0.1) is 17.8 Å². The summed E-state index contributed by atoms with van der Waals surface area (Å²) in [6.07, 6.45) is 8.51. The van der Waals surface area contributed by atoms with Crippen LogP contribution in [-0.2, 0) is 4.79 Å². The second-order valence-corrected chi connectivity index (χ2v) is 5.06. The van der Waals surface area contributed by atoms with Crippen molar-refractivity contribution < 1.29 is 9.90 Å². The fourth-order valence-corrected chi connectivity index (χ4v) is 2.32. The van der Waals surface area contributed by atoms with Crippen LogP contribution in [0.25, 0.3) is 0 Å². The molecule has 1 atom stereocenters. The molecule has 0 aromatic carbocycles. The van der Waals surface area contributed by atoms with Crippen molar-refractivity contribution in [2.45, 2.75) is 39.2 Å². The average Bonchev–Trinajstić information content (AvgIpc) is 2.44. The van der Waals surface area contributed by atoms with E-state index in [1.54, 1.807) is 0 Å². The number of hydrogen-bond acceptors (Lipinski definition) is 2. The van der Waals surface area contributed by atoms with Crippen molar-refractivity contribution in [3.63, 3.8) is 0 Å². The Kier molecular flexibility index (Phi) is 3.76. The first-order valence-corrected chi connectivity index (χ1v) is 5.34. The van der Waals surface area contributed by atoms with E-state index in [2.05, 4.69) is 19.8 Å². The van der Waals surface area contributed by atoms with Crippen molar-refractivity contribution in [3.8, 4) is 12.3 Å². The second-order valence-electron chi connectivity index (χ2n) is 5.06. The quantitative estimate of drug-likeness (QED) is 0.715. The summed E-state index contributed by atoms with van der Waals surface area (Å²) in [7, 11) is 0. The van der Waals surface area contributed by atoms with Crippen LogP contribution in [0.15, 0.2) is 0 Å². The molecule has 0 saturated heterocycles. The zero-order valence-electron chi connectivity index (χ0n) is 9.49. The monoisotopic (exact) mass is 209 g/mol. The molecule has 1 rings (SSSR count). The summed E-state index contributed by atoms with van der Waals surface area (Å²) in [5, 5.41) is 8.79. The van der Waals surface area contributed by atoms with Crippen LogP contribution in [0.5, 0.6) is 0 Å². The number of carbonyl (C=O) groups is 1. The molecule has 84 valence electrons. The fraction of sp³-hybridized carbons (Fsp3) is 0.750. The molecule has 0 radical (unpaired) electrons. The molecule has 1 aliphatic carbocycles. The van der Waals surface area contributed by atoms with Gasteiger partial charge in [0.2, 0.25) is 0 Å². The van der Waals surface area contributed by atoms with Crippen molar-refractivity contribution in [2.24, 2.45) is 5.41 Å². The van der Waals surface area contributed by atoms with Crippen LogP contribution >= 0.6 is 0 Å². The molecule has 1 fully saturated rings. The van der Waals surface area contributed by atoms with Crippen LogP contribution in [0.1, 0.15) is 33.1 Å². The third kappa shape index (κ3) is 3.56. The summed E-state index contributed by atoms with van der Waals surface area (Å²) in [5.74, 6) is 1.74. The summed E-state index contributed by atoms with van der Waals surface area (Å²) in [4.78, 5) is 12.6. The second kappa shape index (κ2) is 4.67. The van der Waals surface area contributed by atoms with E-state index in [-0.39, 0.29) is 6.54 Å². The number of hydrogen-bond donors (Lipinski definition) is 1. The Morgan fingerprint density at radius 2 is 2.33 bits per heavy atom. The Morgan fingerprint density at radius 1 is 1.67 bits per heavy atom. The highest BCUT2D eigenvalue weighted by atomic mass is 16.4. The molecule has 0 aromatic rings. The van der Waals surface area contributed by atoms with Gasteiger partial charge in [0, 0.05) is 6.04 Å². The molecule has 0 aromatic heterocycles. The Labute approximate surface area is 91.5 Å². The number of nitrogens with zero attached hydrogens (tertiary/aromatic N) is 1. The first kappa shape index (κ1) is 12.1. The van der Waals surface area contributed by atoms with Gasteiger partial charge in [-0.3, -0.25) is 9.69 Å². The lowest BCUT2D eigenvalue weighted by atomic mass is 9.91. The highest BCUT2D eigenvalue weighted by molar-refractivity contribution is 5.69. The van der Waals surface area contributed by atoms with Crippen molar-refractivity contribution in [1.29, 1.82) is 0 Å². The number of carboxylic acid groups (broad SMARTS) is 1. The van der Waals surface area contributed by atoms with E-state index in [1.807, 2.05) is 4.90 Å². The molecular weight excluding hydrogens is 190 g/mol. The largest absolute Gasteiger partial charge is 0.480 e. The lowest BCUT2D eigenvalue weighted by molar-refractivity contribution is -0.138. The molecule has 0 heterocycles. The highest BCUT2D eigenvalue weighted by Crippen LogP contribution is 2.39. The van der Waals surface area contributed by atoms with Gasteiger partial charge in [-0.1, -0.05) is 19.8 Å². The van der Waals surface area contributed by atoms with E-state index in [9.17, 15) is 4.79 Å². The van der Waals surface area contributed by atoms with Crippen molar-refractivity contribution in [2.75, 3.05) is 13.1 Å². The molecule has 1 saturated carbocycles. The normalized spacial score (nSPS) is 24.0.